The van der Waals surface area contributed by atoms with Crippen LogP contribution in [0.3, 0.4) is 0 Å². The van der Waals surface area contributed by atoms with E-state index in [1.165, 1.54) is 5.56 Å². The number of nitrogens with zero attached hydrogens (tertiary/aromatic N) is 3. The second-order valence-electron chi connectivity index (χ2n) is 8.07. The maximum atomic E-state index is 12.3. The van der Waals surface area contributed by atoms with E-state index < -0.39 is 0 Å². The number of benzene rings is 1. The summed E-state index contributed by atoms with van der Waals surface area (Å²) < 4.78 is 0. The maximum absolute atomic E-state index is 12.3. The van der Waals surface area contributed by atoms with Gasteiger partial charge in [-0.3, -0.25) is 4.79 Å². The molecule has 0 bridgehead atoms. The lowest BCUT2D eigenvalue weighted by atomic mass is 9.90. The average molecular weight is 352 g/mol. The minimum absolute atomic E-state index is 0.153. The molecule has 2 heterocycles. The van der Waals surface area contributed by atoms with Crippen LogP contribution in [0.1, 0.15) is 49.7 Å². The molecule has 138 valence electrons. The van der Waals surface area contributed by atoms with Gasteiger partial charge in [0.2, 0.25) is 5.95 Å². The van der Waals surface area contributed by atoms with Gasteiger partial charge in [-0.15, -0.1) is 0 Å². The van der Waals surface area contributed by atoms with E-state index in [0.717, 1.165) is 32.4 Å². The minimum Gasteiger partial charge on any atom is -0.346 e. The number of rotatable bonds is 4. The summed E-state index contributed by atoms with van der Waals surface area (Å²) in [5, 5.41) is 2.95. The first-order chi connectivity index (χ1) is 12.4. The number of hydrogen-bond donors (Lipinski definition) is 1. The van der Waals surface area contributed by atoms with Crippen LogP contribution in [0.25, 0.3) is 0 Å². The third-order valence-electron chi connectivity index (χ3n) is 4.63. The van der Waals surface area contributed by atoms with Crippen molar-refractivity contribution in [3.63, 3.8) is 0 Å². The molecule has 2 aromatic rings. The van der Waals surface area contributed by atoms with Crippen LogP contribution >= 0.6 is 0 Å². The van der Waals surface area contributed by atoms with Crippen LogP contribution in [-0.2, 0) is 6.42 Å². The first-order valence-corrected chi connectivity index (χ1v) is 9.35. The minimum atomic E-state index is -0.280. The smallest absolute Gasteiger partial charge is 0.270 e. The van der Waals surface area contributed by atoms with Crippen LogP contribution in [0, 0.1) is 5.92 Å². The predicted octanol–water partition coefficient (Wildman–Crippen LogP) is 3.46. The molecule has 1 N–H and O–H groups in total. The Morgan fingerprint density at radius 1 is 1.15 bits per heavy atom. The number of carbonyl (C=O) groups excluding carboxylic acids is 1. The molecule has 0 atom stereocenters. The molecule has 1 aromatic heterocycles. The molecule has 1 amide bonds. The lowest BCUT2D eigenvalue weighted by molar-refractivity contribution is 0.0914. The van der Waals surface area contributed by atoms with Gasteiger partial charge in [-0.2, -0.15) is 0 Å². The van der Waals surface area contributed by atoms with Gasteiger partial charge in [0.05, 0.1) is 0 Å². The van der Waals surface area contributed by atoms with E-state index in [9.17, 15) is 4.79 Å². The number of nitrogens with one attached hydrogen (secondary N) is 1. The summed E-state index contributed by atoms with van der Waals surface area (Å²) in [4.78, 5) is 23.4. The highest BCUT2D eigenvalue weighted by atomic mass is 16.2. The summed E-state index contributed by atoms with van der Waals surface area (Å²) in [7, 11) is 0. The fourth-order valence-corrected chi connectivity index (χ4v) is 3.32. The Hall–Kier alpha value is -2.43. The lowest BCUT2D eigenvalue weighted by Gasteiger charge is -2.32. The van der Waals surface area contributed by atoms with Crippen LogP contribution < -0.4 is 10.2 Å². The zero-order chi connectivity index (χ0) is 18.6. The van der Waals surface area contributed by atoms with E-state index >= 15 is 0 Å². The highest BCUT2D eigenvalue weighted by molar-refractivity contribution is 5.92. The SMILES string of the molecule is CC(C)(C)NC(=O)c1ccnc(N2CCC(Cc3ccccc3)CC2)n1. The molecule has 1 fully saturated rings. The van der Waals surface area contributed by atoms with E-state index in [4.69, 9.17) is 0 Å². The van der Waals surface area contributed by atoms with Crippen molar-refractivity contribution < 1.29 is 4.79 Å². The molecule has 1 saturated heterocycles. The molecule has 5 nitrogen and oxygen atoms in total. The molecule has 0 aliphatic carbocycles. The monoisotopic (exact) mass is 352 g/mol. The number of anilines is 1. The van der Waals surface area contributed by atoms with Gasteiger partial charge in [0.25, 0.3) is 5.91 Å². The van der Waals surface area contributed by atoms with Crippen LogP contribution in [0.4, 0.5) is 5.95 Å². The van der Waals surface area contributed by atoms with Gasteiger partial charge in [-0.1, -0.05) is 30.3 Å². The molecule has 1 aliphatic heterocycles. The van der Waals surface area contributed by atoms with Crippen LogP contribution in [0.5, 0.6) is 0 Å². The van der Waals surface area contributed by atoms with Crippen LogP contribution in [0.15, 0.2) is 42.6 Å². The van der Waals surface area contributed by atoms with Crippen molar-refractivity contribution in [2.45, 2.75) is 45.6 Å². The van der Waals surface area contributed by atoms with Crippen molar-refractivity contribution in [1.29, 1.82) is 0 Å². The first-order valence-electron chi connectivity index (χ1n) is 9.35. The molecule has 26 heavy (non-hydrogen) atoms. The van der Waals surface area contributed by atoms with Gasteiger partial charge in [0.15, 0.2) is 0 Å². The normalized spacial score (nSPS) is 15.7. The third-order valence-corrected chi connectivity index (χ3v) is 4.63. The van der Waals surface area contributed by atoms with E-state index in [0.29, 0.717) is 17.6 Å². The van der Waals surface area contributed by atoms with E-state index in [-0.39, 0.29) is 11.4 Å². The van der Waals surface area contributed by atoms with Gasteiger partial charge in [-0.05, 0) is 57.6 Å². The highest BCUT2D eigenvalue weighted by Crippen LogP contribution is 2.24. The van der Waals surface area contributed by atoms with E-state index in [2.05, 4.69) is 50.5 Å². The van der Waals surface area contributed by atoms with E-state index in [1.807, 2.05) is 20.8 Å². The van der Waals surface area contributed by atoms with Gasteiger partial charge >= 0.3 is 0 Å². The fourth-order valence-electron chi connectivity index (χ4n) is 3.32. The molecule has 1 aromatic carbocycles. The van der Waals surface area contributed by atoms with Crippen molar-refractivity contribution in [1.82, 2.24) is 15.3 Å². The van der Waals surface area contributed by atoms with Gasteiger partial charge in [-0.25, -0.2) is 9.97 Å². The Morgan fingerprint density at radius 2 is 1.85 bits per heavy atom. The number of hydrogen-bond acceptors (Lipinski definition) is 4. The summed E-state index contributed by atoms with van der Waals surface area (Å²) in [6.07, 6.45) is 5.05. The van der Waals surface area contributed by atoms with Gasteiger partial charge < -0.3 is 10.2 Å². The molecular weight excluding hydrogens is 324 g/mol. The highest BCUT2D eigenvalue weighted by Gasteiger charge is 2.23. The Kier molecular flexibility index (Phi) is 5.55. The van der Waals surface area contributed by atoms with Crippen molar-refractivity contribution in [2.75, 3.05) is 18.0 Å². The maximum Gasteiger partial charge on any atom is 0.270 e. The molecule has 5 heteroatoms. The quantitative estimate of drug-likeness (QED) is 0.915. The second kappa shape index (κ2) is 7.85. The molecule has 0 spiro atoms. The Balaban J connectivity index is 1.59. The van der Waals surface area contributed by atoms with Crippen molar-refractivity contribution in [3.05, 3.63) is 53.9 Å². The Labute approximate surface area is 155 Å². The molecule has 3 rings (SSSR count). The zero-order valence-electron chi connectivity index (χ0n) is 15.9. The lowest BCUT2D eigenvalue weighted by Crippen LogP contribution is -2.41. The summed E-state index contributed by atoms with van der Waals surface area (Å²) in [6, 6.07) is 12.3. The second-order valence-corrected chi connectivity index (χ2v) is 8.07. The number of carbonyl (C=O) groups is 1. The fraction of sp³-hybridized carbons (Fsp3) is 0.476. The standard InChI is InChI=1S/C21H28N4O/c1-21(2,3)24-19(26)18-9-12-22-20(23-18)25-13-10-17(11-14-25)15-16-7-5-4-6-8-16/h4-9,12,17H,10-11,13-15H2,1-3H3,(H,24,26). The van der Waals surface area contributed by atoms with Crippen molar-refractivity contribution >= 4 is 11.9 Å². The van der Waals surface area contributed by atoms with Gasteiger partial charge in [0, 0.05) is 24.8 Å². The summed E-state index contributed by atoms with van der Waals surface area (Å²) in [6.45, 7) is 7.75. The third kappa shape index (κ3) is 5.04. The average Bonchev–Trinajstić information content (AvgIpc) is 2.62. The van der Waals surface area contributed by atoms with E-state index in [1.54, 1.807) is 12.3 Å². The molecule has 0 radical (unpaired) electrons. The zero-order valence-corrected chi connectivity index (χ0v) is 15.9. The molecule has 0 saturated carbocycles. The number of piperidine rings is 1. The van der Waals surface area contributed by atoms with Crippen LogP contribution in [-0.4, -0.2) is 34.5 Å². The molecule has 1 aliphatic rings. The molecule has 0 unspecified atom stereocenters. The summed E-state index contributed by atoms with van der Waals surface area (Å²) in [5.74, 6) is 1.20. The van der Waals surface area contributed by atoms with Crippen molar-refractivity contribution in [2.24, 2.45) is 5.92 Å². The topological polar surface area (TPSA) is 58.1 Å². The van der Waals surface area contributed by atoms with Gasteiger partial charge in [0.1, 0.15) is 5.69 Å². The Morgan fingerprint density at radius 3 is 2.50 bits per heavy atom. The largest absolute Gasteiger partial charge is 0.346 e. The summed E-state index contributed by atoms with van der Waals surface area (Å²) in [5.41, 5.74) is 1.55. The summed E-state index contributed by atoms with van der Waals surface area (Å²) >= 11 is 0. The number of aromatic nitrogens is 2. The molecular formula is C21H28N4O. The van der Waals surface area contributed by atoms with Crippen LogP contribution in [0.2, 0.25) is 0 Å². The Bertz CT molecular complexity index is 731. The van der Waals surface area contributed by atoms with Crippen molar-refractivity contribution in [3.8, 4) is 0 Å². The number of amides is 1. The first kappa shape index (κ1) is 18.4. The predicted molar refractivity (Wildman–Crippen MR) is 104 cm³/mol.